The summed E-state index contributed by atoms with van der Waals surface area (Å²) in [6.07, 6.45) is 2.84. The Hall–Kier alpha value is -1.78. The number of thioether (sulfide) groups is 1. The van der Waals surface area contributed by atoms with E-state index in [4.69, 9.17) is 11.6 Å². The van der Waals surface area contributed by atoms with Gasteiger partial charge in [-0.3, -0.25) is 5.10 Å². The Morgan fingerprint density at radius 2 is 1.91 bits per heavy atom. The molecular formula is C18H16ClFN2S. The fraction of sp³-hybridized carbons (Fsp3) is 0.167. The molecule has 0 fully saturated rings. The van der Waals surface area contributed by atoms with Gasteiger partial charge in [0, 0.05) is 22.4 Å². The molecule has 0 saturated heterocycles. The Balaban J connectivity index is 2.19. The molecule has 1 N–H and O–H groups in total. The number of aryl methyl sites for hydroxylation is 1. The minimum Gasteiger partial charge on any atom is -0.281 e. The average Bonchev–Trinajstić information content (AvgIpc) is 3.00. The van der Waals surface area contributed by atoms with Crippen LogP contribution in [0.5, 0.6) is 0 Å². The van der Waals surface area contributed by atoms with Gasteiger partial charge in [0.05, 0.1) is 5.02 Å². The lowest BCUT2D eigenvalue weighted by Crippen LogP contribution is -1.94. The second-order valence-electron chi connectivity index (χ2n) is 5.14. The highest BCUT2D eigenvalue weighted by atomic mass is 35.5. The molecule has 0 aliphatic rings. The topological polar surface area (TPSA) is 28.7 Å². The van der Waals surface area contributed by atoms with Crippen molar-refractivity contribution in [2.75, 3.05) is 12.0 Å². The van der Waals surface area contributed by atoms with Crippen LogP contribution in [-0.4, -0.2) is 22.2 Å². The molecule has 0 amide bonds. The van der Waals surface area contributed by atoms with Crippen molar-refractivity contribution in [3.05, 3.63) is 65.1 Å². The Labute approximate surface area is 144 Å². The van der Waals surface area contributed by atoms with E-state index in [1.165, 1.54) is 0 Å². The third-order valence-corrected chi connectivity index (χ3v) is 4.57. The predicted molar refractivity (Wildman–Crippen MR) is 96.5 cm³/mol. The van der Waals surface area contributed by atoms with E-state index in [9.17, 15) is 4.39 Å². The van der Waals surface area contributed by atoms with Gasteiger partial charge in [-0.15, -0.1) is 0 Å². The summed E-state index contributed by atoms with van der Waals surface area (Å²) in [7, 11) is 0. The van der Waals surface area contributed by atoms with Gasteiger partial charge in [-0.25, -0.2) is 4.39 Å². The lowest BCUT2D eigenvalue weighted by atomic mass is 9.97. The molecule has 0 radical (unpaired) electrons. The molecule has 0 spiro atoms. The SMILES string of the molecule is CSCCc1[nH]nc(-c2ccccc2)c1-c1cccc(Cl)c1F. The second kappa shape index (κ2) is 7.20. The van der Waals surface area contributed by atoms with Crippen molar-refractivity contribution in [3.63, 3.8) is 0 Å². The maximum absolute atomic E-state index is 14.6. The zero-order valence-corrected chi connectivity index (χ0v) is 14.2. The van der Waals surface area contributed by atoms with E-state index in [-0.39, 0.29) is 5.02 Å². The molecule has 0 unspecified atom stereocenters. The van der Waals surface area contributed by atoms with Crippen LogP contribution in [0.15, 0.2) is 48.5 Å². The van der Waals surface area contributed by atoms with Gasteiger partial charge in [-0.2, -0.15) is 16.9 Å². The molecule has 2 aromatic carbocycles. The molecule has 0 aliphatic heterocycles. The third-order valence-electron chi connectivity index (χ3n) is 3.67. The van der Waals surface area contributed by atoms with Crippen molar-refractivity contribution in [3.8, 4) is 22.4 Å². The van der Waals surface area contributed by atoms with Crippen LogP contribution in [0.2, 0.25) is 5.02 Å². The third kappa shape index (κ3) is 3.28. The number of hydrogen-bond acceptors (Lipinski definition) is 2. The summed E-state index contributed by atoms with van der Waals surface area (Å²) in [6, 6.07) is 14.9. The number of H-pyrrole nitrogens is 1. The van der Waals surface area contributed by atoms with E-state index < -0.39 is 5.82 Å². The van der Waals surface area contributed by atoms with Crippen molar-refractivity contribution in [1.29, 1.82) is 0 Å². The molecule has 1 aromatic heterocycles. The smallest absolute Gasteiger partial charge is 0.149 e. The number of rotatable bonds is 5. The molecule has 5 heteroatoms. The summed E-state index contributed by atoms with van der Waals surface area (Å²) in [5, 5.41) is 7.65. The molecule has 2 nitrogen and oxygen atoms in total. The first kappa shape index (κ1) is 16.1. The monoisotopic (exact) mass is 346 g/mol. The van der Waals surface area contributed by atoms with Crippen LogP contribution in [0, 0.1) is 5.82 Å². The summed E-state index contributed by atoms with van der Waals surface area (Å²) >= 11 is 7.72. The number of benzene rings is 2. The van der Waals surface area contributed by atoms with Crippen LogP contribution < -0.4 is 0 Å². The van der Waals surface area contributed by atoms with Crippen LogP contribution in [0.25, 0.3) is 22.4 Å². The number of halogens is 2. The molecule has 3 aromatic rings. The summed E-state index contributed by atoms with van der Waals surface area (Å²) in [5.74, 6) is 0.532. The Morgan fingerprint density at radius 1 is 1.13 bits per heavy atom. The minimum atomic E-state index is -0.404. The summed E-state index contributed by atoms with van der Waals surface area (Å²) in [5.41, 5.74) is 3.92. The first-order valence-corrected chi connectivity index (χ1v) is 9.05. The second-order valence-corrected chi connectivity index (χ2v) is 6.53. The summed E-state index contributed by atoms with van der Waals surface area (Å²) in [4.78, 5) is 0. The molecule has 0 atom stereocenters. The Kier molecular flexibility index (Phi) is 5.03. The van der Waals surface area contributed by atoms with E-state index in [0.29, 0.717) is 5.56 Å². The van der Waals surface area contributed by atoms with Crippen molar-refractivity contribution >= 4 is 23.4 Å². The van der Waals surface area contributed by atoms with Gasteiger partial charge in [0.25, 0.3) is 0 Å². The summed E-state index contributed by atoms with van der Waals surface area (Å²) < 4.78 is 14.6. The fourth-order valence-corrected chi connectivity index (χ4v) is 3.14. The van der Waals surface area contributed by atoms with E-state index in [1.54, 1.807) is 30.0 Å². The highest BCUT2D eigenvalue weighted by Crippen LogP contribution is 2.36. The highest BCUT2D eigenvalue weighted by molar-refractivity contribution is 7.98. The predicted octanol–water partition coefficient (Wildman–Crippen LogP) is 5.44. The van der Waals surface area contributed by atoms with Gasteiger partial charge in [-0.05, 0) is 24.5 Å². The highest BCUT2D eigenvalue weighted by Gasteiger charge is 2.20. The lowest BCUT2D eigenvalue weighted by Gasteiger charge is -2.08. The van der Waals surface area contributed by atoms with Gasteiger partial charge in [0.2, 0.25) is 0 Å². The van der Waals surface area contributed by atoms with Crippen molar-refractivity contribution < 1.29 is 4.39 Å². The van der Waals surface area contributed by atoms with Gasteiger partial charge in [0.15, 0.2) is 0 Å². The normalized spacial score (nSPS) is 10.9. The molecule has 1 heterocycles. The first-order valence-electron chi connectivity index (χ1n) is 7.28. The zero-order valence-electron chi connectivity index (χ0n) is 12.6. The van der Waals surface area contributed by atoms with Crippen molar-refractivity contribution in [2.24, 2.45) is 0 Å². The van der Waals surface area contributed by atoms with E-state index in [2.05, 4.69) is 10.2 Å². The molecule has 0 saturated carbocycles. The van der Waals surface area contributed by atoms with Crippen molar-refractivity contribution in [1.82, 2.24) is 10.2 Å². The summed E-state index contributed by atoms with van der Waals surface area (Å²) in [6.45, 7) is 0. The van der Waals surface area contributed by atoms with Gasteiger partial charge in [-0.1, -0.05) is 54.1 Å². The van der Waals surface area contributed by atoms with Crippen LogP contribution in [0.3, 0.4) is 0 Å². The molecular weight excluding hydrogens is 331 g/mol. The Bertz CT molecular complexity index is 802. The van der Waals surface area contributed by atoms with Crippen LogP contribution in [0.1, 0.15) is 5.69 Å². The van der Waals surface area contributed by atoms with E-state index in [0.717, 1.165) is 34.7 Å². The van der Waals surface area contributed by atoms with Gasteiger partial charge < -0.3 is 0 Å². The minimum absolute atomic E-state index is 0.124. The quantitative estimate of drug-likeness (QED) is 0.666. The number of hydrogen-bond donors (Lipinski definition) is 1. The largest absolute Gasteiger partial charge is 0.281 e. The number of nitrogens with zero attached hydrogens (tertiary/aromatic N) is 1. The lowest BCUT2D eigenvalue weighted by molar-refractivity contribution is 0.631. The molecule has 0 bridgehead atoms. The molecule has 23 heavy (non-hydrogen) atoms. The maximum Gasteiger partial charge on any atom is 0.149 e. The van der Waals surface area contributed by atoms with E-state index >= 15 is 0 Å². The van der Waals surface area contributed by atoms with Crippen molar-refractivity contribution in [2.45, 2.75) is 6.42 Å². The Morgan fingerprint density at radius 3 is 2.65 bits per heavy atom. The fourth-order valence-electron chi connectivity index (χ4n) is 2.56. The standard InChI is InChI=1S/C18H16ClFN2S/c1-23-11-10-15-16(13-8-5-9-14(19)17(13)20)18(22-21-15)12-6-3-2-4-7-12/h2-9H,10-11H2,1H3,(H,21,22). The number of aromatic nitrogens is 2. The zero-order chi connectivity index (χ0) is 16.2. The average molecular weight is 347 g/mol. The number of aromatic amines is 1. The first-order chi connectivity index (χ1) is 11.2. The van der Waals surface area contributed by atoms with Crippen LogP contribution in [-0.2, 0) is 6.42 Å². The maximum atomic E-state index is 14.6. The molecule has 3 rings (SSSR count). The van der Waals surface area contributed by atoms with Crippen LogP contribution in [0.4, 0.5) is 4.39 Å². The van der Waals surface area contributed by atoms with Gasteiger partial charge >= 0.3 is 0 Å². The number of nitrogens with one attached hydrogen (secondary N) is 1. The molecule has 0 aliphatic carbocycles. The van der Waals surface area contributed by atoms with E-state index in [1.807, 2.05) is 36.6 Å². The van der Waals surface area contributed by atoms with Crippen LogP contribution >= 0.6 is 23.4 Å². The van der Waals surface area contributed by atoms with Gasteiger partial charge in [0.1, 0.15) is 11.5 Å². The molecule has 118 valence electrons.